The zero-order valence-electron chi connectivity index (χ0n) is 13.4. The molecule has 25 heavy (non-hydrogen) atoms. The number of hydrogen-bond acceptors (Lipinski definition) is 3. The molecule has 1 aliphatic rings. The lowest BCUT2D eigenvalue weighted by atomic mass is 9.78. The zero-order valence-corrected chi connectivity index (χ0v) is 14.1. The van der Waals surface area contributed by atoms with E-state index in [4.69, 9.17) is 22.8 Å². The van der Waals surface area contributed by atoms with Gasteiger partial charge in [0.2, 0.25) is 5.92 Å². The molecule has 1 aromatic carbocycles. The Morgan fingerprint density at radius 3 is 2.36 bits per heavy atom. The SMILES string of the molecule is C#CC(=O)N(c1ccc(OC)c(Cl)c1)C1(C(=O)O)CCC(F)(F)CC1. The Hall–Kier alpha value is -2.33. The number of nitrogens with zero attached hydrogens (tertiary/aromatic N) is 1. The lowest BCUT2D eigenvalue weighted by Crippen LogP contribution is -2.60. The molecule has 1 amide bonds. The van der Waals surface area contributed by atoms with Crippen molar-refractivity contribution in [1.82, 2.24) is 0 Å². The Labute approximate surface area is 148 Å². The van der Waals surface area contributed by atoms with Crippen LogP contribution in [0.4, 0.5) is 14.5 Å². The minimum atomic E-state index is -2.97. The molecule has 134 valence electrons. The molecule has 1 aliphatic carbocycles. The van der Waals surface area contributed by atoms with E-state index in [1.807, 2.05) is 5.92 Å². The van der Waals surface area contributed by atoms with Crippen molar-refractivity contribution in [2.45, 2.75) is 37.1 Å². The number of carbonyl (C=O) groups is 2. The van der Waals surface area contributed by atoms with E-state index in [0.717, 1.165) is 4.90 Å². The van der Waals surface area contributed by atoms with Crippen LogP contribution >= 0.6 is 11.6 Å². The first-order valence-electron chi connectivity index (χ1n) is 7.42. The van der Waals surface area contributed by atoms with Crippen molar-refractivity contribution in [1.29, 1.82) is 0 Å². The average molecular weight is 372 g/mol. The summed E-state index contributed by atoms with van der Waals surface area (Å²) in [5.41, 5.74) is -1.75. The van der Waals surface area contributed by atoms with Crippen molar-refractivity contribution < 1.29 is 28.2 Å². The second kappa shape index (κ2) is 6.89. The number of methoxy groups -OCH3 is 1. The van der Waals surface area contributed by atoms with Crippen LogP contribution in [-0.4, -0.2) is 35.6 Å². The van der Waals surface area contributed by atoms with Crippen molar-refractivity contribution in [3.63, 3.8) is 0 Å². The van der Waals surface area contributed by atoms with Crippen molar-refractivity contribution in [2.75, 3.05) is 12.0 Å². The summed E-state index contributed by atoms with van der Waals surface area (Å²) in [6, 6.07) is 4.19. The van der Waals surface area contributed by atoms with Crippen LogP contribution in [0.3, 0.4) is 0 Å². The fourth-order valence-corrected chi connectivity index (χ4v) is 3.23. The zero-order chi connectivity index (χ0) is 18.8. The molecule has 0 radical (unpaired) electrons. The predicted octanol–water partition coefficient (Wildman–Crippen LogP) is 3.35. The molecule has 8 heteroatoms. The first-order valence-corrected chi connectivity index (χ1v) is 7.80. The molecular formula is C17H16ClF2NO4. The van der Waals surface area contributed by atoms with Gasteiger partial charge in [-0.05, 0) is 37.0 Å². The molecule has 0 atom stereocenters. The van der Waals surface area contributed by atoms with E-state index in [9.17, 15) is 23.5 Å². The molecule has 0 spiro atoms. The summed E-state index contributed by atoms with van der Waals surface area (Å²) in [6.45, 7) is 0. The van der Waals surface area contributed by atoms with Gasteiger partial charge in [-0.2, -0.15) is 0 Å². The molecule has 0 heterocycles. The Morgan fingerprint density at radius 1 is 1.32 bits per heavy atom. The van der Waals surface area contributed by atoms with Gasteiger partial charge in [0.05, 0.1) is 12.1 Å². The number of terminal acetylenes is 1. The standard InChI is InChI=1S/C17H16ClF2NO4/c1-3-14(22)21(11-4-5-13(25-2)12(18)10-11)16(15(23)24)6-8-17(19,20)9-7-16/h1,4-5,10H,6-9H2,2H3,(H,23,24). The molecule has 0 saturated heterocycles. The van der Waals surface area contributed by atoms with Crippen molar-refractivity contribution in [2.24, 2.45) is 0 Å². The van der Waals surface area contributed by atoms with Crippen LogP contribution in [0.25, 0.3) is 0 Å². The molecule has 1 saturated carbocycles. The molecule has 0 aliphatic heterocycles. The third-order valence-corrected chi connectivity index (χ3v) is 4.65. The van der Waals surface area contributed by atoms with Crippen molar-refractivity contribution in [3.8, 4) is 18.1 Å². The molecule has 0 unspecified atom stereocenters. The molecule has 1 fully saturated rings. The van der Waals surface area contributed by atoms with Crippen molar-refractivity contribution >= 4 is 29.2 Å². The van der Waals surface area contributed by atoms with Crippen LogP contribution in [0.5, 0.6) is 5.75 Å². The Morgan fingerprint density at radius 2 is 1.92 bits per heavy atom. The highest BCUT2D eigenvalue weighted by molar-refractivity contribution is 6.32. The summed E-state index contributed by atoms with van der Waals surface area (Å²) in [6.07, 6.45) is 3.02. The number of rotatable bonds is 4. The number of carbonyl (C=O) groups excluding carboxylic acids is 1. The number of hydrogen-bond donors (Lipinski definition) is 1. The molecule has 0 bridgehead atoms. The second-order valence-corrected chi connectivity index (χ2v) is 6.20. The summed E-state index contributed by atoms with van der Waals surface area (Å²) in [7, 11) is 1.40. The first-order chi connectivity index (χ1) is 11.7. The Kier molecular flexibility index (Phi) is 5.23. The maximum atomic E-state index is 13.5. The van der Waals surface area contributed by atoms with Gasteiger partial charge >= 0.3 is 11.9 Å². The van der Waals surface area contributed by atoms with E-state index < -0.39 is 49.0 Å². The minimum Gasteiger partial charge on any atom is -0.495 e. The van der Waals surface area contributed by atoms with Gasteiger partial charge in [-0.15, -0.1) is 6.42 Å². The van der Waals surface area contributed by atoms with E-state index in [-0.39, 0.29) is 10.7 Å². The second-order valence-electron chi connectivity index (χ2n) is 5.80. The van der Waals surface area contributed by atoms with Crippen molar-refractivity contribution in [3.05, 3.63) is 23.2 Å². The summed E-state index contributed by atoms with van der Waals surface area (Å²) in [5.74, 6) is -3.11. The number of halogens is 3. The van der Waals surface area contributed by atoms with Gasteiger partial charge in [0.25, 0.3) is 0 Å². The number of aliphatic carboxylic acids is 1. The van der Waals surface area contributed by atoms with Gasteiger partial charge in [-0.25, -0.2) is 13.6 Å². The highest BCUT2D eigenvalue weighted by Gasteiger charge is 2.53. The number of anilines is 1. The smallest absolute Gasteiger partial charge is 0.330 e. The average Bonchev–Trinajstić information content (AvgIpc) is 2.56. The largest absolute Gasteiger partial charge is 0.495 e. The number of alkyl halides is 2. The molecule has 1 N–H and O–H groups in total. The monoisotopic (exact) mass is 371 g/mol. The van der Waals surface area contributed by atoms with Gasteiger partial charge in [0.15, 0.2) is 0 Å². The fraction of sp³-hybridized carbons (Fsp3) is 0.412. The third-order valence-electron chi connectivity index (χ3n) is 4.35. The van der Waals surface area contributed by atoms with Crippen LogP contribution in [-0.2, 0) is 9.59 Å². The number of amides is 1. The molecular weight excluding hydrogens is 356 g/mol. The summed E-state index contributed by atoms with van der Waals surface area (Å²) in [4.78, 5) is 25.1. The lowest BCUT2D eigenvalue weighted by Gasteiger charge is -2.44. The maximum Gasteiger partial charge on any atom is 0.330 e. The molecule has 1 aromatic rings. The third kappa shape index (κ3) is 3.54. The van der Waals surface area contributed by atoms with Gasteiger partial charge in [-0.1, -0.05) is 11.6 Å². The number of ether oxygens (including phenoxy) is 1. The Bertz CT molecular complexity index is 735. The van der Waals surface area contributed by atoms with Gasteiger partial charge in [0.1, 0.15) is 11.3 Å². The van der Waals surface area contributed by atoms with E-state index in [1.54, 1.807) is 0 Å². The van der Waals surface area contributed by atoms with E-state index in [1.165, 1.54) is 25.3 Å². The van der Waals surface area contributed by atoms with Crippen LogP contribution in [0, 0.1) is 12.3 Å². The number of benzene rings is 1. The van der Waals surface area contributed by atoms with Gasteiger partial charge < -0.3 is 9.84 Å². The quantitative estimate of drug-likeness (QED) is 0.824. The number of carboxylic acid groups (broad SMARTS) is 1. The minimum absolute atomic E-state index is 0.112. The number of carboxylic acids is 1. The molecule has 0 aromatic heterocycles. The van der Waals surface area contributed by atoms with Gasteiger partial charge in [-0.3, -0.25) is 9.69 Å². The summed E-state index contributed by atoms with van der Waals surface area (Å²) < 4.78 is 32.1. The highest BCUT2D eigenvalue weighted by atomic mass is 35.5. The van der Waals surface area contributed by atoms with Crippen LogP contribution < -0.4 is 9.64 Å². The normalized spacial score (nSPS) is 18.0. The summed E-state index contributed by atoms with van der Waals surface area (Å²) >= 11 is 6.05. The maximum absolute atomic E-state index is 13.5. The predicted molar refractivity (Wildman–Crippen MR) is 88.1 cm³/mol. The topological polar surface area (TPSA) is 66.8 Å². The van der Waals surface area contributed by atoms with Crippen LogP contribution in [0.15, 0.2) is 18.2 Å². The highest BCUT2D eigenvalue weighted by Crippen LogP contribution is 2.44. The van der Waals surface area contributed by atoms with E-state index in [2.05, 4.69) is 0 Å². The Balaban J connectivity index is 2.56. The lowest BCUT2D eigenvalue weighted by molar-refractivity contribution is -0.150. The molecule has 5 nitrogen and oxygen atoms in total. The van der Waals surface area contributed by atoms with Gasteiger partial charge in [0, 0.05) is 18.5 Å². The van der Waals surface area contributed by atoms with Crippen LogP contribution in [0.1, 0.15) is 25.7 Å². The van der Waals surface area contributed by atoms with E-state index in [0.29, 0.717) is 5.75 Å². The summed E-state index contributed by atoms with van der Waals surface area (Å²) in [5, 5.41) is 9.88. The first kappa shape index (κ1) is 19.0. The molecule has 2 rings (SSSR count). The van der Waals surface area contributed by atoms with Crippen LogP contribution in [0.2, 0.25) is 5.02 Å². The fourth-order valence-electron chi connectivity index (χ4n) is 2.98. The van der Waals surface area contributed by atoms with E-state index >= 15 is 0 Å².